The van der Waals surface area contributed by atoms with Crippen LogP contribution in [-0.4, -0.2) is 18.3 Å². The first kappa shape index (κ1) is 14.4. The summed E-state index contributed by atoms with van der Waals surface area (Å²) in [6.45, 7) is 5.53. The van der Waals surface area contributed by atoms with Gasteiger partial charge in [0, 0.05) is 0 Å². The monoisotopic (exact) mass is 363 g/mol. The third-order valence-electron chi connectivity index (χ3n) is 3.70. The van der Waals surface area contributed by atoms with Crippen molar-refractivity contribution < 1.29 is 7.13 Å². The summed E-state index contributed by atoms with van der Waals surface area (Å²) in [6.07, 6.45) is 0.391. The minimum atomic E-state index is -2.30. The van der Waals surface area contributed by atoms with Gasteiger partial charge in [0.25, 0.3) is 0 Å². The van der Waals surface area contributed by atoms with Crippen LogP contribution in [0.15, 0.2) is 30.5 Å². The fourth-order valence-electron chi connectivity index (χ4n) is 2.52. The van der Waals surface area contributed by atoms with E-state index in [4.69, 9.17) is 2.74 Å². The number of benzene rings is 1. The van der Waals surface area contributed by atoms with Crippen LogP contribution in [0.4, 0.5) is 4.39 Å². The number of nitrogens with zero attached hydrogens (tertiary/aromatic N) is 1. The van der Waals surface area contributed by atoms with Gasteiger partial charge in [-0.2, -0.15) is 0 Å². The van der Waals surface area contributed by atoms with Gasteiger partial charge < -0.3 is 0 Å². The second-order valence-corrected chi connectivity index (χ2v) is 17.6. The third kappa shape index (κ3) is 3.78. The fraction of sp³-hybridized carbons (Fsp3) is 0.421. The first-order valence-electron chi connectivity index (χ1n) is 8.72. The zero-order valence-corrected chi connectivity index (χ0v) is 16.4. The van der Waals surface area contributed by atoms with Gasteiger partial charge in [0.1, 0.15) is 0 Å². The molecular weight excluding hydrogens is 334 g/mol. The Balaban J connectivity index is 2.73. The van der Waals surface area contributed by atoms with E-state index in [-0.39, 0.29) is 11.7 Å². The Bertz CT molecular complexity index is 752. The Hall–Kier alpha value is -1.16. The molecular formula is C19H26FGeN. The zero-order valence-electron chi connectivity index (χ0n) is 16.3. The molecule has 0 N–H and O–H groups in total. The summed E-state index contributed by atoms with van der Waals surface area (Å²) in [5.41, 5.74) is 2.63. The number of hydrogen-bond donors (Lipinski definition) is 0. The Kier molecular flexibility index (Phi) is 4.29. The van der Waals surface area contributed by atoms with Crippen molar-refractivity contribution in [3.05, 3.63) is 47.4 Å². The fourth-order valence-corrected chi connectivity index (χ4v) is 5.46. The Morgan fingerprint density at radius 1 is 1.27 bits per heavy atom. The van der Waals surface area contributed by atoms with E-state index in [1.165, 1.54) is 6.07 Å². The van der Waals surface area contributed by atoms with Crippen molar-refractivity contribution in [1.82, 2.24) is 4.98 Å². The van der Waals surface area contributed by atoms with Gasteiger partial charge in [-0.25, -0.2) is 0 Å². The van der Waals surface area contributed by atoms with Crippen LogP contribution in [0.1, 0.15) is 27.7 Å². The van der Waals surface area contributed by atoms with Gasteiger partial charge in [-0.15, -0.1) is 0 Å². The molecule has 0 amide bonds. The number of hydrogen-bond acceptors (Lipinski definition) is 1. The van der Waals surface area contributed by atoms with Crippen molar-refractivity contribution in [3.8, 4) is 11.3 Å². The minimum absolute atomic E-state index is 0.148. The van der Waals surface area contributed by atoms with Crippen molar-refractivity contribution in [3.63, 3.8) is 0 Å². The van der Waals surface area contributed by atoms with E-state index < -0.39 is 19.6 Å². The van der Waals surface area contributed by atoms with Gasteiger partial charge in [0.05, 0.1) is 0 Å². The molecule has 0 aliphatic carbocycles. The third-order valence-corrected chi connectivity index (χ3v) is 7.93. The first-order valence-corrected chi connectivity index (χ1v) is 15.1. The molecule has 1 aromatic heterocycles. The van der Waals surface area contributed by atoms with E-state index in [0.717, 1.165) is 15.5 Å². The van der Waals surface area contributed by atoms with Gasteiger partial charge in [0.15, 0.2) is 0 Å². The van der Waals surface area contributed by atoms with E-state index >= 15 is 0 Å². The molecule has 0 saturated carbocycles. The van der Waals surface area contributed by atoms with Crippen LogP contribution >= 0.6 is 0 Å². The molecule has 0 spiro atoms. The molecule has 118 valence electrons. The molecule has 2 aromatic rings. The Morgan fingerprint density at radius 2 is 1.95 bits per heavy atom. The number of halogens is 1. The number of aromatic nitrogens is 1. The van der Waals surface area contributed by atoms with Gasteiger partial charge in [-0.05, 0) is 0 Å². The molecule has 1 nitrogen and oxygen atoms in total. The van der Waals surface area contributed by atoms with Gasteiger partial charge in [-0.3, -0.25) is 0 Å². The van der Waals surface area contributed by atoms with Gasteiger partial charge >= 0.3 is 139 Å². The summed E-state index contributed by atoms with van der Waals surface area (Å²) < 4.78 is 32.2. The van der Waals surface area contributed by atoms with Crippen molar-refractivity contribution in [1.29, 1.82) is 0 Å². The molecule has 2 rings (SSSR count). The van der Waals surface area contributed by atoms with E-state index in [2.05, 4.69) is 22.3 Å². The Labute approximate surface area is 139 Å². The molecule has 1 heterocycles. The molecule has 0 unspecified atom stereocenters. The summed E-state index contributed by atoms with van der Waals surface area (Å²) in [7, 11) is 0. The molecule has 0 fully saturated rings. The van der Waals surface area contributed by atoms with Crippen LogP contribution in [0, 0.1) is 18.7 Å². The van der Waals surface area contributed by atoms with Crippen molar-refractivity contribution in [2.45, 2.75) is 44.4 Å². The second kappa shape index (κ2) is 6.53. The van der Waals surface area contributed by atoms with Crippen LogP contribution in [0.25, 0.3) is 11.3 Å². The predicted octanol–water partition coefficient (Wildman–Crippen LogP) is 4.94. The predicted molar refractivity (Wildman–Crippen MR) is 95.9 cm³/mol. The van der Waals surface area contributed by atoms with Crippen LogP contribution in [0.5, 0.6) is 0 Å². The summed E-state index contributed by atoms with van der Waals surface area (Å²) in [5.74, 6) is 6.31. The molecule has 0 bridgehead atoms. The first-order chi connectivity index (χ1) is 11.0. The van der Waals surface area contributed by atoms with Crippen LogP contribution < -0.4 is 4.40 Å². The van der Waals surface area contributed by atoms with Gasteiger partial charge in [-0.1, -0.05) is 0 Å². The zero-order chi connectivity index (χ0) is 18.3. The molecule has 3 heteroatoms. The number of rotatable bonds is 4. The molecule has 0 saturated heterocycles. The van der Waals surface area contributed by atoms with Crippen LogP contribution in [0.3, 0.4) is 0 Å². The number of pyridine rings is 1. The van der Waals surface area contributed by atoms with Crippen molar-refractivity contribution in [2.24, 2.45) is 5.92 Å². The Morgan fingerprint density at radius 3 is 2.55 bits per heavy atom. The van der Waals surface area contributed by atoms with Crippen molar-refractivity contribution >= 4 is 17.7 Å². The maximum atomic E-state index is 13.9. The molecule has 0 aliphatic rings. The van der Waals surface area contributed by atoms with Crippen molar-refractivity contribution in [2.75, 3.05) is 0 Å². The maximum absolute atomic E-state index is 13.9. The summed E-state index contributed by atoms with van der Waals surface area (Å²) in [4.78, 5) is 4.56. The SMILES string of the molecule is [2H]C([2H])(c1cc(-c2cccc(F)c2C)nc[c]1[Ge]([CH3])([CH3])[CH3])C(C)C. The summed E-state index contributed by atoms with van der Waals surface area (Å²) >= 11 is -2.30. The van der Waals surface area contributed by atoms with E-state index in [1.54, 1.807) is 13.0 Å². The van der Waals surface area contributed by atoms with E-state index in [9.17, 15) is 4.39 Å². The van der Waals surface area contributed by atoms with Crippen LogP contribution in [0.2, 0.25) is 17.3 Å². The van der Waals surface area contributed by atoms with E-state index in [1.807, 2.05) is 32.2 Å². The molecule has 1 aromatic carbocycles. The molecule has 0 radical (unpaired) electrons. The second-order valence-electron chi connectivity index (χ2n) is 7.08. The van der Waals surface area contributed by atoms with Gasteiger partial charge in [0.2, 0.25) is 0 Å². The average Bonchev–Trinajstić information content (AvgIpc) is 2.48. The average molecular weight is 362 g/mol. The topological polar surface area (TPSA) is 12.9 Å². The molecule has 0 atom stereocenters. The normalized spacial score (nSPS) is 14.0. The standard InChI is InChI=1S/C19H26FGeN/c1-13(2)10-15-11-19(22-12-18(15)21(4,5)6)16-8-7-9-17(20)14(16)3/h7-9,11-13H,10H2,1-6H3/i10D2. The quantitative estimate of drug-likeness (QED) is 0.703. The van der Waals surface area contributed by atoms with E-state index in [0.29, 0.717) is 11.3 Å². The van der Waals surface area contributed by atoms with Crippen LogP contribution in [-0.2, 0) is 6.37 Å². The molecule has 22 heavy (non-hydrogen) atoms. The summed E-state index contributed by atoms with van der Waals surface area (Å²) in [6, 6.07) is 6.79. The summed E-state index contributed by atoms with van der Waals surface area (Å²) in [5, 5.41) is 0. The molecule has 0 aliphatic heterocycles.